The third-order valence-corrected chi connectivity index (χ3v) is 2.82. The van der Waals surface area contributed by atoms with Crippen LogP contribution >= 0.6 is 11.8 Å². The van der Waals surface area contributed by atoms with Gasteiger partial charge >= 0.3 is 0 Å². The predicted molar refractivity (Wildman–Crippen MR) is 67.7 cm³/mol. The van der Waals surface area contributed by atoms with Gasteiger partial charge in [-0.3, -0.25) is 4.79 Å². The minimum Gasteiger partial charge on any atom is -0.396 e. The molecule has 16 heavy (non-hydrogen) atoms. The van der Waals surface area contributed by atoms with Gasteiger partial charge in [0.15, 0.2) is 0 Å². The first-order valence-electron chi connectivity index (χ1n) is 5.73. The van der Waals surface area contributed by atoms with E-state index in [-0.39, 0.29) is 18.6 Å². The van der Waals surface area contributed by atoms with Gasteiger partial charge in [-0.1, -0.05) is 0 Å². The molecule has 0 fully saturated rings. The molecule has 5 heteroatoms. The summed E-state index contributed by atoms with van der Waals surface area (Å²) in [6, 6.07) is 0. The molecule has 0 saturated carbocycles. The van der Waals surface area contributed by atoms with Crippen LogP contribution in [0.3, 0.4) is 0 Å². The average Bonchev–Trinajstić information content (AvgIpc) is 2.23. The summed E-state index contributed by atoms with van der Waals surface area (Å²) in [5, 5.41) is 11.4. The van der Waals surface area contributed by atoms with Gasteiger partial charge in [-0.2, -0.15) is 11.8 Å². The molecule has 2 N–H and O–H groups in total. The lowest BCUT2D eigenvalue weighted by molar-refractivity contribution is -0.118. The van der Waals surface area contributed by atoms with Crippen molar-refractivity contribution in [1.29, 1.82) is 0 Å². The van der Waals surface area contributed by atoms with Crippen LogP contribution in [0.1, 0.15) is 26.7 Å². The van der Waals surface area contributed by atoms with E-state index in [1.54, 1.807) is 11.8 Å². The van der Waals surface area contributed by atoms with Gasteiger partial charge in [-0.05, 0) is 32.4 Å². The number of carbonyl (C=O) groups is 1. The third-order valence-electron chi connectivity index (χ3n) is 1.77. The third kappa shape index (κ3) is 11.8. The van der Waals surface area contributed by atoms with E-state index in [9.17, 15) is 4.79 Å². The van der Waals surface area contributed by atoms with Crippen molar-refractivity contribution in [2.45, 2.75) is 32.8 Å². The van der Waals surface area contributed by atoms with Gasteiger partial charge in [-0.15, -0.1) is 0 Å². The van der Waals surface area contributed by atoms with Crippen molar-refractivity contribution in [1.82, 2.24) is 5.32 Å². The molecule has 0 aliphatic rings. The van der Waals surface area contributed by atoms with Gasteiger partial charge in [0.1, 0.15) is 0 Å². The summed E-state index contributed by atoms with van der Waals surface area (Å²) in [5.41, 5.74) is 0. The summed E-state index contributed by atoms with van der Waals surface area (Å²) in [6.45, 7) is 5.55. The predicted octanol–water partition coefficient (Wildman–Crippen LogP) is 1.03. The Kier molecular flexibility index (Phi) is 11.0. The van der Waals surface area contributed by atoms with Crippen molar-refractivity contribution in [3.05, 3.63) is 0 Å². The van der Waals surface area contributed by atoms with E-state index >= 15 is 0 Å². The van der Waals surface area contributed by atoms with Crippen LogP contribution in [0.15, 0.2) is 0 Å². The lowest BCUT2D eigenvalue weighted by atomic mass is 10.4. The first-order chi connectivity index (χ1) is 7.66. The van der Waals surface area contributed by atoms with Gasteiger partial charge < -0.3 is 15.2 Å². The highest BCUT2D eigenvalue weighted by molar-refractivity contribution is 7.99. The molecular formula is C11H23NO3S. The molecule has 0 bridgehead atoms. The fourth-order valence-corrected chi connectivity index (χ4v) is 1.77. The quantitative estimate of drug-likeness (QED) is 0.568. The number of ether oxygens (including phenoxy) is 1. The summed E-state index contributed by atoms with van der Waals surface area (Å²) in [4.78, 5) is 11.3. The summed E-state index contributed by atoms with van der Waals surface area (Å²) in [5.74, 6) is 1.37. The fraction of sp³-hybridized carbons (Fsp3) is 0.909. The molecule has 0 aromatic heterocycles. The molecule has 0 heterocycles. The molecule has 1 amide bonds. The van der Waals surface area contributed by atoms with Crippen LogP contribution in [-0.2, 0) is 9.53 Å². The molecule has 0 unspecified atom stereocenters. The average molecular weight is 249 g/mol. The van der Waals surface area contributed by atoms with Crippen molar-refractivity contribution in [2.24, 2.45) is 0 Å². The SMILES string of the molecule is CC(C)OCCCNC(=O)CSCCCO. The van der Waals surface area contributed by atoms with E-state index < -0.39 is 0 Å². The summed E-state index contributed by atoms with van der Waals surface area (Å²) in [6.07, 6.45) is 1.86. The summed E-state index contributed by atoms with van der Waals surface area (Å²) >= 11 is 1.55. The molecule has 0 atom stereocenters. The van der Waals surface area contributed by atoms with Gasteiger partial charge in [0.25, 0.3) is 0 Å². The van der Waals surface area contributed by atoms with E-state index in [1.165, 1.54) is 0 Å². The largest absolute Gasteiger partial charge is 0.396 e. The molecule has 0 saturated heterocycles. The number of amides is 1. The van der Waals surface area contributed by atoms with Gasteiger partial charge in [-0.25, -0.2) is 0 Å². The van der Waals surface area contributed by atoms with Crippen LogP contribution in [-0.4, -0.2) is 48.4 Å². The van der Waals surface area contributed by atoms with Gasteiger partial charge in [0, 0.05) is 19.8 Å². The Morgan fingerprint density at radius 1 is 1.44 bits per heavy atom. The van der Waals surface area contributed by atoms with Gasteiger partial charge in [0.05, 0.1) is 11.9 Å². The van der Waals surface area contributed by atoms with Crippen molar-refractivity contribution < 1.29 is 14.6 Å². The Bertz CT molecular complexity index is 177. The fourth-order valence-electron chi connectivity index (χ4n) is 1.00. The zero-order valence-electron chi connectivity index (χ0n) is 10.2. The van der Waals surface area contributed by atoms with Crippen molar-refractivity contribution in [2.75, 3.05) is 31.3 Å². The molecule has 0 radical (unpaired) electrons. The highest BCUT2D eigenvalue weighted by atomic mass is 32.2. The number of hydrogen-bond acceptors (Lipinski definition) is 4. The van der Waals surface area contributed by atoms with Crippen LogP contribution in [0.2, 0.25) is 0 Å². The van der Waals surface area contributed by atoms with E-state index in [0.717, 1.165) is 18.6 Å². The van der Waals surface area contributed by atoms with E-state index in [1.807, 2.05) is 13.8 Å². The zero-order chi connectivity index (χ0) is 12.2. The smallest absolute Gasteiger partial charge is 0.229 e. The number of thioether (sulfide) groups is 1. The minimum absolute atomic E-state index is 0.0625. The second-order valence-electron chi connectivity index (χ2n) is 3.75. The number of carbonyl (C=O) groups excluding carboxylic acids is 1. The first kappa shape index (κ1) is 15.7. The number of hydrogen-bond donors (Lipinski definition) is 2. The molecule has 4 nitrogen and oxygen atoms in total. The molecular weight excluding hydrogens is 226 g/mol. The maximum atomic E-state index is 11.3. The second-order valence-corrected chi connectivity index (χ2v) is 4.86. The number of rotatable bonds is 10. The van der Waals surface area contributed by atoms with Crippen molar-refractivity contribution >= 4 is 17.7 Å². The van der Waals surface area contributed by atoms with E-state index in [0.29, 0.717) is 18.9 Å². The van der Waals surface area contributed by atoms with Crippen LogP contribution in [0, 0.1) is 0 Å². The Morgan fingerprint density at radius 2 is 2.19 bits per heavy atom. The monoisotopic (exact) mass is 249 g/mol. The van der Waals surface area contributed by atoms with Crippen LogP contribution in [0.4, 0.5) is 0 Å². The second kappa shape index (κ2) is 11.2. The molecule has 96 valence electrons. The minimum atomic E-state index is 0.0625. The van der Waals surface area contributed by atoms with E-state index in [4.69, 9.17) is 9.84 Å². The van der Waals surface area contributed by atoms with Crippen molar-refractivity contribution in [3.63, 3.8) is 0 Å². The topological polar surface area (TPSA) is 58.6 Å². The standard InChI is InChI=1S/C11H23NO3S/c1-10(2)15-7-3-5-12-11(14)9-16-8-4-6-13/h10,13H,3-9H2,1-2H3,(H,12,14). The van der Waals surface area contributed by atoms with Crippen LogP contribution in [0.25, 0.3) is 0 Å². The van der Waals surface area contributed by atoms with Crippen LogP contribution < -0.4 is 5.32 Å². The lowest BCUT2D eigenvalue weighted by Gasteiger charge is -2.08. The maximum absolute atomic E-state index is 11.3. The van der Waals surface area contributed by atoms with Crippen molar-refractivity contribution in [3.8, 4) is 0 Å². The highest BCUT2D eigenvalue weighted by Gasteiger charge is 2.00. The first-order valence-corrected chi connectivity index (χ1v) is 6.89. The Balaban J connectivity index is 3.17. The molecule has 0 aliphatic heterocycles. The molecule has 0 aromatic rings. The lowest BCUT2D eigenvalue weighted by Crippen LogP contribution is -2.27. The maximum Gasteiger partial charge on any atom is 0.229 e. The number of aliphatic hydroxyl groups excluding tert-OH is 1. The zero-order valence-corrected chi connectivity index (χ0v) is 11.0. The Hall–Kier alpha value is -0.260. The summed E-state index contributed by atoms with van der Waals surface area (Å²) in [7, 11) is 0. The number of nitrogens with one attached hydrogen (secondary N) is 1. The number of aliphatic hydroxyl groups is 1. The van der Waals surface area contributed by atoms with E-state index in [2.05, 4.69) is 5.32 Å². The summed E-state index contributed by atoms with van der Waals surface area (Å²) < 4.78 is 5.35. The van der Waals surface area contributed by atoms with Gasteiger partial charge in [0.2, 0.25) is 5.91 Å². The molecule has 0 spiro atoms. The molecule has 0 aromatic carbocycles. The Morgan fingerprint density at radius 3 is 2.81 bits per heavy atom. The van der Waals surface area contributed by atoms with Crippen LogP contribution in [0.5, 0.6) is 0 Å². The molecule has 0 aliphatic carbocycles. The Labute approximate surface area is 102 Å². The normalized spacial score (nSPS) is 10.8. The highest BCUT2D eigenvalue weighted by Crippen LogP contribution is 2.00. The molecule has 0 rings (SSSR count).